The molecule has 4 nitrogen and oxygen atoms in total. The average Bonchev–Trinajstić information content (AvgIpc) is 2.70. The zero-order valence-corrected chi connectivity index (χ0v) is 13.0. The number of hydrogen-bond donors (Lipinski definition) is 1. The Morgan fingerprint density at radius 1 is 1.35 bits per heavy atom. The van der Waals surface area contributed by atoms with E-state index in [9.17, 15) is 12.8 Å². The number of rotatable bonds is 3. The molecule has 2 unspecified atom stereocenters. The van der Waals surface area contributed by atoms with Crippen molar-refractivity contribution < 1.29 is 12.8 Å². The highest BCUT2D eigenvalue weighted by Crippen LogP contribution is 2.28. The minimum Gasteiger partial charge on any atom is -0.389 e. The highest BCUT2D eigenvalue weighted by Gasteiger charge is 2.35. The zero-order valence-electron chi connectivity index (χ0n) is 11.3. The fourth-order valence-corrected chi connectivity index (χ4v) is 4.10. The number of nitrogens with two attached hydrogens (primary N) is 1. The molecule has 0 radical (unpaired) electrons. The molecule has 2 rings (SSSR count). The van der Waals surface area contributed by atoms with E-state index in [1.807, 2.05) is 13.8 Å². The Labute approximate surface area is 123 Å². The lowest BCUT2D eigenvalue weighted by atomic mass is 10.0. The van der Waals surface area contributed by atoms with Crippen molar-refractivity contribution in [1.29, 1.82) is 0 Å². The molecule has 20 heavy (non-hydrogen) atoms. The van der Waals surface area contributed by atoms with Gasteiger partial charge in [0.05, 0.1) is 4.90 Å². The molecule has 1 aliphatic heterocycles. The molecule has 1 saturated heterocycles. The Morgan fingerprint density at radius 3 is 2.40 bits per heavy atom. The van der Waals surface area contributed by atoms with Crippen LogP contribution in [-0.2, 0) is 10.0 Å². The Hall–Kier alpha value is -1.05. The third-order valence-electron chi connectivity index (χ3n) is 3.80. The second kappa shape index (κ2) is 5.38. The van der Waals surface area contributed by atoms with Crippen LogP contribution < -0.4 is 5.73 Å². The highest BCUT2D eigenvalue weighted by atomic mass is 32.2. The normalized spacial score (nSPS) is 23.9. The van der Waals surface area contributed by atoms with Crippen LogP contribution in [0.2, 0.25) is 0 Å². The molecule has 1 aromatic carbocycles. The van der Waals surface area contributed by atoms with Gasteiger partial charge in [0.25, 0.3) is 0 Å². The average molecular weight is 316 g/mol. The van der Waals surface area contributed by atoms with Crippen LogP contribution in [0, 0.1) is 17.7 Å². The Balaban J connectivity index is 2.40. The SMILES string of the molecule is CC1CN(S(=O)(=O)c2ccc(F)c(C(N)=S)c2)CC1C. The van der Waals surface area contributed by atoms with E-state index < -0.39 is 15.8 Å². The van der Waals surface area contributed by atoms with Crippen molar-refractivity contribution in [2.24, 2.45) is 17.6 Å². The van der Waals surface area contributed by atoms with E-state index in [0.717, 1.165) is 6.07 Å². The summed E-state index contributed by atoms with van der Waals surface area (Å²) in [5.74, 6) is 0.000153. The number of nitrogens with zero attached hydrogens (tertiary/aromatic N) is 1. The summed E-state index contributed by atoms with van der Waals surface area (Å²) in [6, 6.07) is 3.55. The molecule has 1 aromatic rings. The number of benzene rings is 1. The minimum atomic E-state index is -3.63. The van der Waals surface area contributed by atoms with Gasteiger partial charge in [-0.3, -0.25) is 0 Å². The summed E-state index contributed by atoms with van der Waals surface area (Å²) in [4.78, 5) is -0.120. The quantitative estimate of drug-likeness (QED) is 0.863. The van der Waals surface area contributed by atoms with Crippen LogP contribution in [0.15, 0.2) is 23.1 Å². The summed E-state index contributed by atoms with van der Waals surface area (Å²) in [5, 5.41) is 0. The van der Waals surface area contributed by atoms with Crippen LogP contribution in [0.4, 0.5) is 4.39 Å². The summed E-state index contributed by atoms with van der Waals surface area (Å²) in [6.07, 6.45) is 0. The van der Waals surface area contributed by atoms with Gasteiger partial charge < -0.3 is 5.73 Å². The van der Waals surface area contributed by atoms with Gasteiger partial charge in [0.2, 0.25) is 10.0 Å². The molecule has 0 saturated carbocycles. The van der Waals surface area contributed by atoms with E-state index in [1.54, 1.807) is 0 Å². The van der Waals surface area contributed by atoms with Gasteiger partial charge in [-0.2, -0.15) is 4.31 Å². The molecule has 0 bridgehead atoms. The molecule has 1 heterocycles. The monoisotopic (exact) mass is 316 g/mol. The van der Waals surface area contributed by atoms with E-state index in [-0.39, 0.29) is 15.4 Å². The predicted octanol–water partition coefficient (Wildman–Crippen LogP) is 1.74. The van der Waals surface area contributed by atoms with Crippen molar-refractivity contribution in [1.82, 2.24) is 4.31 Å². The maximum atomic E-state index is 13.5. The van der Waals surface area contributed by atoms with Crippen molar-refractivity contribution >= 4 is 27.2 Å². The lowest BCUT2D eigenvalue weighted by Gasteiger charge is -2.16. The molecule has 0 aromatic heterocycles. The number of thiocarbonyl (C=S) groups is 1. The van der Waals surface area contributed by atoms with Gasteiger partial charge in [-0.25, -0.2) is 12.8 Å². The first kappa shape index (κ1) is 15.3. The van der Waals surface area contributed by atoms with Crippen LogP contribution in [0.25, 0.3) is 0 Å². The van der Waals surface area contributed by atoms with Crippen LogP contribution >= 0.6 is 12.2 Å². The van der Waals surface area contributed by atoms with E-state index in [1.165, 1.54) is 16.4 Å². The topological polar surface area (TPSA) is 63.4 Å². The molecular formula is C13H17FN2O2S2. The number of halogens is 1. The molecule has 1 aliphatic rings. The molecule has 7 heteroatoms. The molecule has 110 valence electrons. The summed E-state index contributed by atoms with van der Waals surface area (Å²) in [6.45, 7) is 4.99. The first-order chi connectivity index (χ1) is 9.23. The van der Waals surface area contributed by atoms with Gasteiger partial charge in [0, 0.05) is 18.7 Å². The highest BCUT2D eigenvalue weighted by molar-refractivity contribution is 7.89. The maximum Gasteiger partial charge on any atom is 0.243 e. The summed E-state index contributed by atoms with van der Waals surface area (Å²) < 4.78 is 40.0. The number of sulfonamides is 1. The first-order valence-corrected chi connectivity index (χ1v) is 8.18. The molecular weight excluding hydrogens is 299 g/mol. The maximum absolute atomic E-state index is 13.5. The van der Waals surface area contributed by atoms with Crippen LogP contribution in [0.1, 0.15) is 19.4 Å². The van der Waals surface area contributed by atoms with Gasteiger partial charge in [0.15, 0.2) is 0 Å². The second-order valence-corrected chi connectivity index (χ2v) is 7.66. The molecule has 2 N–H and O–H groups in total. The Morgan fingerprint density at radius 2 is 1.90 bits per heavy atom. The summed E-state index contributed by atoms with van der Waals surface area (Å²) >= 11 is 4.73. The molecule has 0 spiro atoms. The van der Waals surface area contributed by atoms with E-state index in [4.69, 9.17) is 18.0 Å². The smallest absolute Gasteiger partial charge is 0.243 e. The number of hydrogen-bond acceptors (Lipinski definition) is 3. The van der Waals surface area contributed by atoms with Crippen molar-refractivity contribution in [3.63, 3.8) is 0 Å². The van der Waals surface area contributed by atoms with Gasteiger partial charge in [-0.1, -0.05) is 26.1 Å². The summed E-state index contributed by atoms with van der Waals surface area (Å²) in [5.41, 5.74) is 5.37. The van der Waals surface area contributed by atoms with Gasteiger partial charge in [-0.05, 0) is 30.0 Å². The lowest BCUT2D eigenvalue weighted by Crippen LogP contribution is -2.29. The molecule has 0 amide bonds. The molecule has 0 aliphatic carbocycles. The lowest BCUT2D eigenvalue weighted by molar-refractivity contribution is 0.463. The largest absolute Gasteiger partial charge is 0.389 e. The van der Waals surface area contributed by atoms with Crippen LogP contribution in [0.5, 0.6) is 0 Å². The van der Waals surface area contributed by atoms with Gasteiger partial charge in [0.1, 0.15) is 10.8 Å². The third-order valence-corrected chi connectivity index (χ3v) is 5.84. The Bertz CT molecular complexity index is 636. The van der Waals surface area contributed by atoms with Gasteiger partial charge >= 0.3 is 0 Å². The van der Waals surface area contributed by atoms with Crippen molar-refractivity contribution in [3.8, 4) is 0 Å². The predicted molar refractivity (Wildman–Crippen MR) is 79.4 cm³/mol. The van der Waals surface area contributed by atoms with Crippen molar-refractivity contribution in [3.05, 3.63) is 29.6 Å². The van der Waals surface area contributed by atoms with Crippen molar-refractivity contribution in [2.75, 3.05) is 13.1 Å². The third kappa shape index (κ3) is 2.70. The van der Waals surface area contributed by atoms with Crippen LogP contribution in [-0.4, -0.2) is 30.8 Å². The fraction of sp³-hybridized carbons (Fsp3) is 0.462. The molecule has 1 fully saturated rings. The Kier molecular flexibility index (Phi) is 4.13. The molecule has 2 atom stereocenters. The summed E-state index contributed by atoms with van der Waals surface area (Å²) in [7, 11) is -3.63. The zero-order chi connectivity index (χ0) is 15.1. The second-order valence-electron chi connectivity index (χ2n) is 5.28. The van der Waals surface area contributed by atoms with E-state index in [0.29, 0.717) is 24.9 Å². The standard InChI is InChI=1S/C13H17FN2O2S2/c1-8-6-16(7-9(8)2)20(17,18)10-3-4-12(14)11(5-10)13(15)19/h3-5,8-9H,6-7H2,1-2H3,(H2,15,19). The van der Waals surface area contributed by atoms with Gasteiger partial charge in [-0.15, -0.1) is 0 Å². The van der Waals surface area contributed by atoms with Crippen LogP contribution in [0.3, 0.4) is 0 Å². The van der Waals surface area contributed by atoms with Crippen molar-refractivity contribution in [2.45, 2.75) is 18.7 Å². The fourth-order valence-electron chi connectivity index (χ4n) is 2.28. The first-order valence-electron chi connectivity index (χ1n) is 6.33. The van der Waals surface area contributed by atoms with E-state index >= 15 is 0 Å². The van der Waals surface area contributed by atoms with E-state index in [2.05, 4.69) is 0 Å². The minimum absolute atomic E-state index is 0.0306.